The lowest BCUT2D eigenvalue weighted by Crippen LogP contribution is -2.27. The SMILES string of the molecule is COc1cc(NC(=O)CSCCN2CCCCCC2)cc(OC)c1OC. The zero-order valence-corrected chi connectivity index (χ0v) is 16.8. The molecule has 146 valence electrons. The highest BCUT2D eigenvalue weighted by Crippen LogP contribution is 2.39. The molecule has 0 saturated carbocycles. The second kappa shape index (κ2) is 11.2. The van der Waals surface area contributed by atoms with Crippen molar-refractivity contribution in [3.63, 3.8) is 0 Å². The number of hydrogen-bond donors (Lipinski definition) is 1. The number of ether oxygens (including phenoxy) is 3. The van der Waals surface area contributed by atoms with Gasteiger partial charge in [-0.25, -0.2) is 0 Å². The average molecular weight is 383 g/mol. The van der Waals surface area contributed by atoms with Gasteiger partial charge in [0.1, 0.15) is 0 Å². The number of amides is 1. The maximum Gasteiger partial charge on any atom is 0.234 e. The minimum Gasteiger partial charge on any atom is -0.493 e. The molecule has 0 aliphatic carbocycles. The van der Waals surface area contributed by atoms with Gasteiger partial charge in [0.05, 0.1) is 27.1 Å². The number of hydrogen-bond acceptors (Lipinski definition) is 6. The van der Waals surface area contributed by atoms with E-state index in [2.05, 4.69) is 10.2 Å². The molecule has 26 heavy (non-hydrogen) atoms. The van der Waals surface area contributed by atoms with Crippen LogP contribution in [0.3, 0.4) is 0 Å². The summed E-state index contributed by atoms with van der Waals surface area (Å²) in [6.07, 6.45) is 5.29. The molecule has 7 heteroatoms. The number of carbonyl (C=O) groups excluding carboxylic acids is 1. The van der Waals surface area contributed by atoms with E-state index in [1.165, 1.54) is 38.8 Å². The van der Waals surface area contributed by atoms with Gasteiger partial charge in [-0.2, -0.15) is 11.8 Å². The van der Waals surface area contributed by atoms with Crippen LogP contribution in [0.5, 0.6) is 17.2 Å². The fraction of sp³-hybridized carbons (Fsp3) is 0.632. The third-order valence-corrected chi connectivity index (χ3v) is 5.37. The number of rotatable bonds is 9. The highest BCUT2D eigenvalue weighted by molar-refractivity contribution is 7.99. The van der Waals surface area contributed by atoms with Crippen LogP contribution >= 0.6 is 11.8 Å². The van der Waals surface area contributed by atoms with Gasteiger partial charge in [-0.05, 0) is 25.9 Å². The number of anilines is 1. The Morgan fingerprint density at radius 2 is 1.65 bits per heavy atom. The van der Waals surface area contributed by atoms with Gasteiger partial charge in [-0.1, -0.05) is 12.8 Å². The first kappa shape index (κ1) is 20.7. The minimum absolute atomic E-state index is 0.0276. The smallest absolute Gasteiger partial charge is 0.234 e. The maximum atomic E-state index is 12.2. The molecular formula is C19H30N2O4S. The summed E-state index contributed by atoms with van der Waals surface area (Å²) in [6, 6.07) is 3.47. The average Bonchev–Trinajstić information content (AvgIpc) is 2.93. The van der Waals surface area contributed by atoms with Crippen LogP contribution in [0.4, 0.5) is 5.69 Å². The van der Waals surface area contributed by atoms with E-state index in [1.807, 2.05) is 0 Å². The number of nitrogens with one attached hydrogen (secondary N) is 1. The minimum atomic E-state index is -0.0276. The van der Waals surface area contributed by atoms with E-state index in [0.29, 0.717) is 28.7 Å². The van der Waals surface area contributed by atoms with E-state index in [0.717, 1.165) is 12.3 Å². The van der Waals surface area contributed by atoms with Crippen molar-refractivity contribution < 1.29 is 19.0 Å². The van der Waals surface area contributed by atoms with Gasteiger partial charge in [0.15, 0.2) is 11.5 Å². The van der Waals surface area contributed by atoms with Crippen LogP contribution in [0.15, 0.2) is 12.1 Å². The van der Waals surface area contributed by atoms with Gasteiger partial charge >= 0.3 is 0 Å². The molecule has 1 amide bonds. The fourth-order valence-corrected chi connectivity index (χ4v) is 3.86. The molecule has 1 heterocycles. The number of methoxy groups -OCH3 is 3. The van der Waals surface area contributed by atoms with Gasteiger partial charge in [0.2, 0.25) is 11.7 Å². The van der Waals surface area contributed by atoms with Gasteiger partial charge in [-0.15, -0.1) is 0 Å². The van der Waals surface area contributed by atoms with Crippen LogP contribution < -0.4 is 19.5 Å². The van der Waals surface area contributed by atoms with E-state index >= 15 is 0 Å². The molecule has 1 aromatic carbocycles. The Morgan fingerprint density at radius 1 is 1.04 bits per heavy atom. The van der Waals surface area contributed by atoms with Crippen LogP contribution in [0, 0.1) is 0 Å². The monoisotopic (exact) mass is 382 g/mol. The van der Waals surface area contributed by atoms with Crippen molar-refractivity contribution in [3.8, 4) is 17.2 Å². The zero-order valence-electron chi connectivity index (χ0n) is 16.0. The Hall–Kier alpha value is -1.60. The molecule has 0 bridgehead atoms. The molecular weight excluding hydrogens is 352 g/mol. The van der Waals surface area contributed by atoms with Gasteiger partial charge in [0, 0.05) is 30.1 Å². The first-order valence-corrected chi connectivity index (χ1v) is 10.2. The summed E-state index contributed by atoms with van der Waals surface area (Å²) in [5.41, 5.74) is 0.637. The van der Waals surface area contributed by atoms with E-state index in [4.69, 9.17) is 14.2 Å². The normalized spacial score (nSPS) is 15.2. The fourth-order valence-electron chi connectivity index (χ4n) is 3.07. The van der Waals surface area contributed by atoms with E-state index in [9.17, 15) is 4.79 Å². The van der Waals surface area contributed by atoms with Crippen molar-refractivity contribution in [2.75, 3.05) is 57.8 Å². The molecule has 2 rings (SSSR count). The lowest BCUT2D eigenvalue weighted by atomic mass is 10.2. The van der Waals surface area contributed by atoms with Crippen molar-refractivity contribution in [3.05, 3.63) is 12.1 Å². The molecule has 1 aromatic rings. The second-order valence-corrected chi connectivity index (χ2v) is 7.38. The Bertz CT molecular complexity index is 550. The molecule has 0 spiro atoms. The van der Waals surface area contributed by atoms with Gasteiger partial charge < -0.3 is 24.4 Å². The first-order valence-electron chi connectivity index (χ1n) is 9.08. The Labute approximate surface area is 160 Å². The molecule has 1 aliphatic heterocycles. The predicted octanol–water partition coefficient (Wildman–Crippen LogP) is 3.26. The van der Waals surface area contributed by atoms with E-state index < -0.39 is 0 Å². The topological polar surface area (TPSA) is 60.0 Å². The quantitative estimate of drug-likeness (QED) is 0.662. The number of thioether (sulfide) groups is 1. The summed E-state index contributed by atoms with van der Waals surface area (Å²) in [4.78, 5) is 14.7. The summed E-state index contributed by atoms with van der Waals surface area (Å²) in [6.45, 7) is 3.44. The number of nitrogens with zero attached hydrogens (tertiary/aromatic N) is 1. The van der Waals surface area contributed by atoms with Crippen molar-refractivity contribution in [2.24, 2.45) is 0 Å². The number of benzene rings is 1. The van der Waals surface area contributed by atoms with Crippen LogP contribution in [0.25, 0.3) is 0 Å². The highest BCUT2D eigenvalue weighted by atomic mass is 32.2. The third-order valence-electron chi connectivity index (χ3n) is 4.43. The Morgan fingerprint density at radius 3 is 2.19 bits per heavy atom. The lowest BCUT2D eigenvalue weighted by molar-refractivity contribution is -0.113. The molecule has 0 aromatic heterocycles. The summed E-state index contributed by atoms with van der Waals surface area (Å²) >= 11 is 1.67. The summed E-state index contributed by atoms with van der Waals surface area (Å²) in [5.74, 6) is 2.94. The summed E-state index contributed by atoms with van der Waals surface area (Å²) < 4.78 is 15.9. The Kier molecular flexibility index (Phi) is 8.91. The van der Waals surface area contributed by atoms with Crippen LogP contribution in [0.2, 0.25) is 0 Å². The van der Waals surface area contributed by atoms with E-state index in [1.54, 1.807) is 45.2 Å². The largest absolute Gasteiger partial charge is 0.493 e. The number of likely N-dealkylation sites (tertiary alicyclic amines) is 1. The van der Waals surface area contributed by atoms with Crippen molar-refractivity contribution in [1.29, 1.82) is 0 Å². The summed E-state index contributed by atoms with van der Waals surface area (Å²) in [5, 5.41) is 2.90. The number of carbonyl (C=O) groups is 1. The first-order chi connectivity index (χ1) is 12.7. The molecule has 1 fully saturated rings. The maximum absolute atomic E-state index is 12.2. The molecule has 1 aliphatic rings. The molecule has 1 N–H and O–H groups in total. The predicted molar refractivity (Wildman–Crippen MR) is 107 cm³/mol. The van der Waals surface area contributed by atoms with E-state index in [-0.39, 0.29) is 5.91 Å². The third kappa shape index (κ3) is 6.29. The second-order valence-electron chi connectivity index (χ2n) is 6.27. The van der Waals surface area contributed by atoms with Crippen molar-refractivity contribution in [2.45, 2.75) is 25.7 Å². The zero-order chi connectivity index (χ0) is 18.8. The molecule has 0 unspecified atom stereocenters. The lowest BCUT2D eigenvalue weighted by Gasteiger charge is -2.19. The molecule has 0 atom stereocenters. The molecule has 0 radical (unpaired) electrons. The van der Waals surface area contributed by atoms with Crippen molar-refractivity contribution in [1.82, 2.24) is 4.90 Å². The molecule has 1 saturated heterocycles. The standard InChI is InChI=1S/C19H30N2O4S/c1-23-16-12-15(13-17(24-2)19(16)25-3)20-18(22)14-26-11-10-21-8-6-4-5-7-9-21/h12-13H,4-11,14H2,1-3H3,(H,20,22). The highest BCUT2D eigenvalue weighted by Gasteiger charge is 2.14. The van der Waals surface area contributed by atoms with Crippen LogP contribution in [-0.2, 0) is 4.79 Å². The van der Waals surface area contributed by atoms with Crippen molar-refractivity contribution >= 4 is 23.4 Å². The van der Waals surface area contributed by atoms with Crippen LogP contribution in [0.1, 0.15) is 25.7 Å². The summed E-state index contributed by atoms with van der Waals surface area (Å²) in [7, 11) is 4.67. The van der Waals surface area contributed by atoms with Gasteiger partial charge in [-0.3, -0.25) is 4.79 Å². The molecule has 6 nitrogen and oxygen atoms in total. The van der Waals surface area contributed by atoms with Crippen LogP contribution in [-0.4, -0.2) is 63.3 Å². The Balaban J connectivity index is 1.80. The van der Waals surface area contributed by atoms with Gasteiger partial charge in [0.25, 0.3) is 0 Å².